The predicted octanol–water partition coefficient (Wildman–Crippen LogP) is 6.73. The van der Waals surface area contributed by atoms with Crippen molar-refractivity contribution in [3.8, 4) is 0 Å². The van der Waals surface area contributed by atoms with Crippen LogP contribution in [0.25, 0.3) is 11.0 Å². The highest BCUT2D eigenvalue weighted by atomic mass is 32.2. The summed E-state index contributed by atoms with van der Waals surface area (Å²) in [5.74, 6) is -1.16. The Morgan fingerprint density at radius 1 is 1.05 bits per heavy atom. The molecule has 1 atom stereocenters. The number of aromatic nitrogens is 2. The Morgan fingerprint density at radius 3 is 2.49 bits per heavy atom. The van der Waals surface area contributed by atoms with Crippen molar-refractivity contribution in [2.24, 2.45) is 0 Å². The van der Waals surface area contributed by atoms with Gasteiger partial charge in [0.2, 0.25) is 10.9 Å². The summed E-state index contributed by atoms with van der Waals surface area (Å²) in [7, 11) is 3.86. The maximum atomic E-state index is 13.9. The molecule has 1 amide bonds. The fraction of sp³-hybridized carbons (Fsp3) is 0.161. The molecule has 41 heavy (non-hydrogen) atoms. The van der Waals surface area contributed by atoms with Gasteiger partial charge in [-0.15, -0.1) is 10.2 Å². The second-order valence-corrected chi connectivity index (χ2v) is 12.1. The van der Waals surface area contributed by atoms with Crippen molar-refractivity contribution in [2.45, 2.75) is 23.1 Å². The molecule has 1 N–H and O–H groups in total. The van der Waals surface area contributed by atoms with Crippen LogP contribution in [-0.4, -0.2) is 41.1 Å². The van der Waals surface area contributed by atoms with E-state index in [9.17, 15) is 14.7 Å². The molecule has 2 aromatic heterocycles. The van der Waals surface area contributed by atoms with Crippen molar-refractivity contribution in [2.75, 3.05) is 23.9 Å². The molecule has 5 aromatic rings. The fourth-order valence-corrected chi connectivity index (χ4v) is 6.54. The number of hydrogen-bond donors (Lipinski definition) is 1. The van der Waals surface area contributed by atoms with Gasteiger partial charge in [-0.3, -0.25) is 14.5 Å². The van der Waals surface area contributed by atoms with Gasteiger partial charge in [0.1, 0.15) is 5.58 Å². The zero-order chi connectivity index (χ0) is 28.7. The third-order valence-electron chi connectivity index (χ3n) is 6.91. The molecule has 3 heterocycles. The minimum atomic E-state index is -0.915. The van der Waals surface area contributed by atoms with Crippen molar-refractivity contribution < 1.29 is 19.1 Å². The largest absolute Gasteiger partial charge is 0.503 e. The molecule has 1 aliphatic heterocycles. The standard InChI is InChI=1S/C31H26N4O4S2/c1-18-8-10-19(11-9-18)17-40-31-33-32-30(41-31)35-26(20-12-14-22(15-13-20)34(2)3)25(28(37)29(35)38)27(36)24-16-21-6-4-5-7-23(21)39-24/h4-16,26,37H,17H2,1-3H3/t26-/m1/s1. The van der Waals surface area contributed by atoms with Crippen LogP contribution in [-0.2, 0) is 10.5 Å². The summed E-state index contributed by atoms with van der Waals surface area (Å²) in [4.78, 5) is 30.7. The molecule has 0 fully saturated rings. The number of furan rings is 1. The van der Waals surface area contributed by atoms with Crippen LogP contribution in [0.3, 0.4) is 0 Å². The molecule has 0 saturated carbocycles. The van der Waals surface area contributed by atoms with Crippen LogP contribution >= 0.6 is 23.1 Å². The highest BCUT2D eigenvalue weighted by Gasteiger charge is 2.46. The number of anilines is 2. The van der Waals surface area contributed by atoms with Gasteiger partial charge in [-0.1, -0.05) is 83.3 Å². The maximum absolute atomic E-state index is 13.9. The number of carbonyl (C=O) groups is 2. The van der Waals surface area contributed by atoms with Crippen molar-refractivity contribution in [1.82, 2.24) is 10.2 Å². The van der Waals surface area contributed by atoms with Gasteiger partial charge in [-0.2, -0.15) is 0 Å². The Labute approximate surface area is 244 Å². The van der Waals surface area contributed by atoms with Crippen LogP contribution in [0.15, 0.2) is 99.0 Å². The first-order chi connectivity index (χ1) is 19.8. The second kappa shape index (κ2) is 10.9. The van der Waals surface area contributed by atoms with E-state index in [2.05, 4.69) is 34.5 Å². The van der Waals surface area contributed by atoms with Crippen molar-refractivity contribution in [3.05, 3.63) is 113 Å². The normalized spacial score (nSPS) is 15.2. The van der Waals surface area contributed by atoms with E-state index in [-0.39, 0.29) is 11.3 Å². The Bertz CT molecular complexity index is 1760. The fourth-order valence-electron chi connectivity index (χ4n) is 4.72. The molecular weight excluding hydrogens is 556 g/mol. The topological polar surface area (TPSA) is 99.8 Å². The lowest BCUT2D eigenvalue weighted by molar-refractivity contribution is -0.117. The van der Waals surface area contributed by atoms with Crippen LogP contribution < -0.4 is 9.80 Å². The van der Waals surface area contributed by atoms with Crippen LogP contribution in [0.2, 0.25) is 0 Å². The number of hydrogen-bond acceptors (Lipinski definition) is 9. The maximum Gasteiger partial charge on any atom is 0.296 e. The molecule has 206 valence electrons. The van der Waals surface area contributed by atoms with Crippen LogP contribution in [0.4, 0.5) is 10.8 Å². The monoisotopic (exact) mass is 582 g/mol. The van der Waals surface area contributed by atoms with E-state index in [0.717, 1.165) is 16.6 Å². The second-order valence-electron chi connectivity index (χ2n) is 9.93. The highest BCUT2D eigenvalue weighted by molar-refractivity contribution is 8.00. The van der Waals surface area contributed by atoms with Crippen LogP contribution in [0.5, 0.6) is 0 Å². The number of ketones is 1. The number of carbonyl (C=O) groups excluding carboxylic acids is 2. The lowest BCUT2D eigenvalue weighted by Gasteiger charge is -2.24. The Kier molecular flexibility index (Phi) is 7.10. The molecule has 0 radical (unpaired) electrons. The SMILES string of the molecule is Cc1ccc(CSc2nnc(N3C(=O)C(O)=C(C(=O)c4cc5ccccc5o4)[C@H]3c3ccc(N(C)C)cc3)s2)cc1. The number of amides is 1. The van der Waals surface area contributed by atoms with Gasteiger partial charge in [0.15, 0.2) is 15.9 Å². The minimum Gasteiger partial charge on any atom is -0.503 e. The third kappa shape index (κ3) is 5.12. The van der Waals surface area contributed by atoms with Crippen molar-refractivity contribution in [3.63, 3.8) is 0 Å². The first-order valence-corrected chi connectivity index (χ1v) is 14.7. The van der Waals surface area contributed by atoms with E-state index in [0.29, 0.717) is 26.4 Å². The van der Waals surface area contributed by atoms with Gasteiger partial charge < -0.3 is 14.4 Å². The molecule has 3 aromatic carbocycles. The molecule has 8 nitrogen and oxygen atoms in total. The number of benzene rings is 3. The van der Waals surface area contributed by atoms with E-state index >= 15 is 0 Å². The lowest BCUT2D eigenvalue weighted by atomic mass is 9.95. The molecule has 0 unspecified atom stereocenters. The lowest BCUT2D eigenvalue weighted by Crippen LogP contribution is -2.31. The summed E-state index contributed by atoms with van der Waals surface area (Å²) >= 11 is 2.76. The summed E-state index contributed by atoms with van der Waals surface area (Å²) in [5, 5.41) is 20.8. The Balaban J connectivity index is 1.36. The number of nitrogens with zero attached hydrogens (tertiary/aromatic N) is 4. The van der Waals surface area contributed by atoms with E-state index in [1.165, 1.54) is 33.6 Å². The number of para-hydroxylation sites is 1. The number of thioether (sulfide) groups is 1. The summed E-state index contributed by atoms with van der Waals surface area (Å²) in [5.41, 5.74) is 4.42. The number of aliphatic hydroxyl groups is 1. The average molecular weight is 583 g/mol. The van der Waals surface area contributed by atoms with Crippen molar-refractivity contribution in [1.29, 1.82) is 0 Å². The molecule has 10 heteroatoms. The quantitative estimate of drug-likeness (QED) is 0.122. The molecule has 1 aliphatic rings. The number of rotatable bonds is 8. The average Bonchev–Trinajstić information content (AvgIpc) is 3.69. The zero-order valence-electron chi connectivity index (χ0n) is 22.6. The smallest absolute Gasteiger partial charge is 0.296 e. The summed E-state index contributed by atoms with van der Waals surface area (Å²) in [6.07, 6.45) is 0. The summed E-state index contributed by atoms with van der Waals surface area (Å²) in [6.45, 7) is 2.04. The van der Waals surface area contributed by atoms with Gasteiger partial charge in [0, 0.05) is 30.9 Å². The first-order valence-electron chi connectivity index (χ1n) is 12.9. The molecule has 0 saturated heterocycles. The Hall–Kier alpha value is -4.41. The zero-order valence-corrected chi connectivity index (χ0v) is 24.2. The van der Waals surface area contributed by atoms with Gasteiger partial charge in [0.25, 0.3) is 5.91 Å². The Morgan fingerprint density at radius 2 is 1.78 bits per heavy atom. The van der Waals surface area contributed by atoms with Gasteiger partial charge in [-0.05, 0) is 42.3 Å². The van der Waals surface area contributed by atoms with E-state index in [1.54, 1.807) is 12.1 Å². The molecule has 6 rings (SSSR count). The minimum absolute atomic E-state index is 0.0453. The van der Waals surface area contributed by atoms with Gasteiger partial charge >= 0.3 is 0 Å². The molecule has 0 spiro atoms. The van der Waals surface area contributed by atoms with E-state index < -0.39 is 23.5 Å². The number of aliphatic hydroxyl groups excluding tert-OH is 1. The summed E-state index contributed by atoms with van der Waals surface area (Å²) < 4.78 is 6.50. The molecular formula is C31H26N4O4S2. The number of aryl methyl sites for hydroxylation is 1. The van der Waals surface area contributed by atoms with E-state index in [4.69, 9.17) is 4.42 Å². The predicted molar refractivity (Wildman–Crippen MR) is 162 cm³/mol. The van der Waals surface area contributed by atoms with Crippen LogP contribution in [0.1, 0.15) is 33.3 Å². The third-order valence-corrected chi connectivity index (χ3v) is 9.04. The highest BCUT2D eigenvalue weighted by Crippen LogP contribution is 2.44. The summed E-state index contributed by atoms with van der Waals surface area (Å²) in [6, 6.07) is 23.7. The van der Waals surface area contributed by atoms with Crippen LogP contribution in [0, 0.1) is 6.92 Å². The van der Waals surface area contributed by atoms with Gasteiger partial charge in [0.05, 0.1) is 11.6 Å². The van der Waals surface area contributed by atoms with E-state index in [1.807, 2.05) is 68.4 Å². The van der Waals surface area contributed by atoms with Gasteiger partial charge in [-0.25, -0.2) is 0 Å². The first kappa shape index (κ1) is 26.8. The molecule has 0 bridgehead atoms. The number of Topliss-reactive ketones (excluding diaryl/α,β-unsaturated/α-hetero) is 1. The number of fused-ring (bicyclic) bond motifs is 1. The van der Waals surface area contributed by atoms with Crippen molar-refractivity contribution >= 4 is 56.6 Å². The molecule has 0 aliphatic carbocycles.